The number of H-pyrrole nitrogens is 1. The fourth-order valence-electron chi connectivity index (χ4n) is 2.82. The maximum absolute atomic E-state index is 10.3. The van der Waals surface area contributed by atoms with Gasteiger partial charge in [-0.15, -0.1) is 5.10 Å². The molecule has 4 rings (SSSR count). The number of nitrogens with one attached hydrogen (secondary N) is 1. The van der Waals surface area contributed by atoms with Gasteiger partial charge < -0.3 is 4.98 Å². The molecule has 0 saturated heterocycles. The first-order valence-electron chi connectivity index (χ1n) is 7.04. The number of hydrogen-bond acceptors (Lipinski definition) is 4. The molecule has 2 aromatic carbocycles. The Kier molecular flexibility index (Phi) is 2.98. The number of aromatic nitrogens is 1. The summed E-state index contributed by atoms with van der Waals surface area (Å²) in [7, 11) is 0. The largest absolute Gasteiger partial charge is 0.361 e. The lowest BCUT2D eigenvalue weighted by molar-refractivity contribution is -0.0286. The van der Waals surface area contributed by atoms with Gasteiger partial charge in [0.15, 0.2) is 0 Å². The van der Waals surface area contributed by atoms with Gasteiger partial charge in [-0.1, -0.05) is 48.5 Å². The molecule has 5 nitrogen and oxygen atoms in total. The van der Waals surface area contributed by atoms with Crippen LogP contribution in [0.5, 0.6) is 0 Å². The van der Waals surface area contributed by atoms with Gasteiger partial charge in [-0.05, 0) is 6.07 Å². The lowest BCUT2D eigenvalue weighted by Gasteiger charge is -2.27. The molecule has 5 heteroatoms. The fourth-order valence-corrected chi connectivity index (χ4v) is 2.82. The lowest BCUT2D eigenvalue weighted by Crippen LogP contribution is -2.33. The van der Waals surface area contributed by atoms with E-state index >= 15 is 0 Å². The SMILES string of the molecule is ON1C=NN=C(c2ccccc2)C1c1c[nH]c2ccccc12. The van der Waals surface area contributed by atoms with Crippen LogP contribution in [0.4, 0.5) is 0 Å². The summed E-state index contributed by atoms with van der Waals surface area (Å²) in [5, 5.41) is 20.6. The lowest BCUT2D eigenvalue weighted by atomic mass is 9.96. The summed E-state index contributed by atoms with van der Waals surface area (Å²) in [5.41, 5.74) is 3.65. The molecule has 0 saturated carbocycles. The van der Waals surface area contributed by atoms with E-state index in [1.165, 1.54) is 6.34 Å². The number of hydrogen-bond donors (Lipinski definition) is 2. The number of benzene rings is 2. The molecule has 1 unspecified atom stereocenters. The monoisotopic (exact) mass is 290 g/mol. The Labute approximate surface area is 127 Å². The highest BCUT2D eigenvalue weighted by Gasteiger charge is 2.29. The van der Waals surface area contributed by atoms with Crippen LogP contribution in [-0.4, -0.2) is 27.3 Å². The Morgan fingerprint density at radius 1 is 1.00 bits per heavy atom. The topological polar surface area (TPSA) is 64.0 Å². The van der Waals surface area contributed by atoms with E-state index < -0.39 is 6.04 Å². The van der Waals surface area contributed by atoms with Gasteiger partial charge >= 0.3 is 0 Å². The van der Waals surface area contributed by atoms with E-state index in [9.17, 15) is 5.21 Å². The Hall–Kier alpha value is -2.92. The van der Waals surface area contributed by atoms with Crippen molar-refractivity contribution in [2.45, 2.75) is 6.04 Å². The summed E-state index contributed by atoms with van der Waals surface area (Å²) < 4.78 is 0. The fraction of sp³-hybridized carbons (Fsp3) is 0.0588. The molecule has 1 aromatic heterocycles. The first kappa shape index (κ1) is 12.8. The second kappa shape index (κ2) is 5.13. The maximum Gasteiger partial charge on any atom is 0.139 e. The maximum atomic E-state index is 10.3. The van der Waals surface area contributed by atoms with Gasteiger partial charge in [0, 0.05) is 28.2 Å². The van der Waals surface area contributed by atoms with Crippen molar-refractivity contribution in [1.82, 2.24) is 10.0 Å². The van der Waals surface area contributed by atoms with E-state index in [1.807, 2.05) is 60.8 Å². The molecule has 0 aliphatic carbocycles. The molecule has 2 heterocycles. The van der Waals surface area contributed by atoms with Crippen LogP contribution in [0.2, 0.25) is 0 Å². The second-order valence-electron chi connectivity index (χ2n) is 5.15. The quantitative estimate of drug-likeness (QED) is 0.760. The van der Waals surface area contributed by atoms with Gasteiger partial charge in [0.2, 0.25) is 0 Å². The standard InChI is InChI=1S/C17H14N4O/c22-21-11-19-20-16(12-6-2-1-3-7-12)17(21)14-10-18-15-9-5-4-8-13(14)15/h1-11,17-18,22H. The van der Waals surface area contributed by atoms with Crippen LogP contribution in [0.3, 0.4) is 0 Å². The number of hydroxylamine groups is 2. The van der Waals surface area contributed by atoms with Crippen LogP contribution in [0.1, 0.15) is 17.2 Å². The molecule has 3 aromatic rings. The Bertz CT molecular complexity index is 867. The zero-order valence-electron chi connectivity index (χ0n) is 11.7. The van der Waals surface area contributed by atoms with Crippen molar-refractivity contribution in [3.05, 3.63) is 71.9 Å². The molecule has 22 heavy (non-hydrogen) atoms. The molecule has 1 aliphatic rings. The molecule has 1 aliphatic heterocycles. The first-order chi connectivity index (χ1) is 10.8. The van der Waals surface area contributed by atoms with E-state index in [2.05, 4.69) is 15.2 Å². The average Bonchev–Trinajstić information content (AvgIpc) is 2.99. The second-order valence-corrected chi connectivity index (χ2v) is 5.15. The van der Waals surface area contributed by atoms with Gasteiger partial charge in [-0.2, -0.15) is 5.10 Å². The highest BCUT2D eigenvalue weighted by molar-refractivity contribution is 6.08. The van der Waals surface area contributed by atoms with Crippen LogP contribution in [0.15, 0.2) is 71.0 Å². The molecule has 0 radical (unpaired) electrons. The number of fused-ring (bicyclic) bond motifs is 1. The summed E-state index contributed by atoms with van der Waals surface area (Å²) in [6.07, 6.45) is 3.25. The van der Waals surface area contributed by atoms with Crippen LogP contribution in [0, 0.1) is 0 Å². The van der Waals surface area contributed by atoms with Crippen molar-refractivity contribution in [3.8, 4) is 0 Å². The molecule has 0 spiro atoms. The third kappa shape index (κ3) is 1.99. The average molecular weight is 290 g/mol. The molecular formula is C17H14N4O. The molecule has 2 N–H and O–H groups in total. The predicted octanol–water partition coefficient (Wildman–Crippen LogP) is 3.35. The number of nitrogens with zero attached hydrogens (tertiary/aromatic N) is 3. The predicted molar refractivity (Wildman–Crippen MR) is 86.1 cm³/mol. The summed E-state index contributed by atoms with van der Waals surface area (Å²) in [4.78, 5) is 3.24. The third-order valence-corrected chi connectivity index (χ3v) is 3.84. The number of para-hydroxylation sites is 1. The minimum absolute atomic E-state index is 0.393. The molecule has 0 bridgehead atoms. The van der Waals surface area contributed by atoms with Crippen molar-refractivity contribution in [2.75, 3.05) is 0 Å². The Morgan fingerprint density at radius 2 is 1.77 bits per heavy atom. The van der Waals surface area contributed by atoms with E-state index in [1.54, 1.807) is 0 Å². The smallest absolute Gasteiger partial charge is 0.139 e. The number of rotatable bonds is 2. The van der Waals surface area contributed by atoms with Crippen molar-refractivity contribution < 1.29 is 5.21 Å². The van der Waals surface area contributed by atoms with Gasteiger partial charge in [0.1, 0.15) is 12.4 Å². The van der Waals surface area contributed by atoms with Gasteiger partial charge in [0.05, 0.1) is 5.71 Å². The van der Waals surface area contributed by atoms with Crippen LogP contribution in [0.25, 0.3) is 10.9 Å². The summed E-state index contributed by atoms with van der Waals surface area (Å²) in [6, 6.07) is 17.4. The molecule has 0 fully saturated rings. The van der Waals surface area contributed by atoms with Gasteiger partial charge in [-0.25, -0.2) is 5.06 Å². The minimum Gasteiger partial charge on any atom is -0.361 e. The molecular weight excluding hydrogens is 276 g/mol. The summed E-state index contributed by atoms with van der Waals surface area (Å²) >= 11 is 0. The summed E-state index contributed by atoms with van der Waals surface area (Å²) in [5.74, 6) is 0. The van der Waals surface area contributed by atoms with Gasteiger partial charge in [-0.3, -0.25) is 5.21 Å². The van der Waals surface area contributed by atoms with Crippen molar-refractivity contribution in [3.63, 3.8) is 0 Å². The minimum atomic E-state index is -0.393. The van der Waals surface area contributed by atoms with Crippen molar-refractivity contribution >= 4 is 23.0 Å². The Balaban J connectivity index is 1.88. The van der Waals surface area contributed by atoms with E-state index in [-0.39, 0.29) is 0 Å². The van der Waals surface area contributed by atoms with Crippen LogP contribution in [-0.2, 0) is 0 Å². The third-order valence-electron chi connectivity index (χ3n) is 3.84. The zero-order valence-corrected chi connectivity index (χ0v) is 11.7. The van der Waals surface area contributed by atoms with Crippen molar-refractivity contribution in [2.24, 2.45) is 10.2 Å². The molecule has 1 atom stereocenters. The van der Waals surface area contributed by atoms with Crippen LogP contribution >= 0.6 is 0 Å². The highest BCUT2D eigenvalue weighted by Crippen LogP contribution is 2.31. The number of aromatic amines is 1. The van der Waals surface area contributed by atoms with Crippen LogP contribution < -0.4 is 0 Å². The Morgan fingerprint density at radius 3 is 2.64 bits per heavy atom. The van der Waals surface area contributed by atoms with E-state index in [0.717, 1.165) is 32.8 Å². The zero-order chi connectivity index (χ0) is 14.9. The van der Waals surface area contributed by atoms with E-state index in [0.29, 0.717) is 0 Å². The van der Waals surface area contributed by atoms with Gasteiger partial charge in [0.25, 0.3) is 0 Å². The molecule has 108 valence electrons. The van der Waals surface area contributed by atoms with E-state index in [4.69, 9.17) is 0 Å². The first-order valence-corrected chi connectivity index (χ1v) is 7.04. The van der Waals surface area contributed by atoms with Crippen molar-refractivity contribution in [1.29, 1.82) is 0 Å². The molecule has 0 amide bonds. The normalized spacial score (nSPS) is 17.8. The highest BCUT2D eigenvalue weighted by atomic mass is 16.5. The summed E-state index contributed by atoms with van der Waals surface area (Å²) in [6.45, 7) is 0.